The van der Waals surface area contributed by atoms with Gasteiger partial charge < -0.3 is 15.4 Å². The third kappa shape index (κ3) is 3.91. The van der Waals surface area contributed by atoms with Crippen LogP contribution in [-0.4, -0.2) is 35.6 Å². The quantitative estimate of drug-likeness (QED) is 0.909. The van der Waals surface area contributed by atoms with E-state index >= 15 is 0 Å². The SMILES string of the molecule is CC(C)(C)OC(=O)N1CC(c2ccc(Cl)cc2)[C@@H](C(N)=O)C1. The first-order valence-electron chi connectivity index (χ1n) is 7.20. The van der Waals surface area contributed by atoms with Gasteiger partial charge in [0.15, 0.2) is 0 Å². The van der Waals surface area contributed by atoms with Gasteiger partial charge in [-0.25, -0.2) is 4.79 Å². The summed E-state index contributed by atoms with van der Waals surface area (Å²) in [6.45, 7) is 6.11. The van der Waals surface area contributed by atoms with Crippen molar-refractivity contribution >= 4 is 23.6 Å². The zero-order valence-corrected chi connectivity index (χ0v) is 13.8. The van der Waals surface area contributed by atoms with Gasteiger partial charge in [-0.3, -0.25) is 4.79 Å². The van der Waals surface area contributed by atoms with Crippen molar-refractivity contribution in [2.75, 3.05) is 13.1 Å². The summed E-state index contributed by atoms with van der Waals surface area (Å²) in [7, 11) is 0. The highest BCUT2D eigenvalue weighted by molar-refractivity contribution is 6.30. The van der Waals surface area contributed by atoms with Crippen molar-refractivity contribution < 1.29 is 14.3 Å². The highest BCUT2D eigenvalue weighted by Gasteiger charge is 2.40. The van der Waals surface area contributed by atoms with Gasteiger partial charge in [-0.15, -0.1) is 0 Å². The second kappa shape index (κ2) is 6.16. The number of carbonyl (C=O) groups is 2. The average Bonchev–Trinajstić information content (AvgIpc) is 2.83. The van der Waals surface area contributed by atoms with E-state index in [-0.39, 0.29) is 12.5 Å². The van der Waals surface area contributed by atoms with E-state index in [4.69, 9.17) is 22.1 Å². The topological polar surface area (TPSA) is 72.6 Å². The molecule has 2 rings (SSSR count). The molecule has 1 aliphatic rings. The number of likely N-dealkylation sites (tertiary alicyclic amines) is 1. The van der Waals surface area contributed by atoms with Crippen molar-refractivity contribution in [1.29, 1.82) is 0 Å². The Bertz CT molecular complexity index is 566. The minimum atomic E-state index is -0.572. The molecule has 2 amide bonds. The number of hydrogen-bond acceptors (Lipinski definition) is 3. The Morgan fingerprint density at radius 1 is 1.23 bits per heavy atom. The number of nitrogens with zero attached hydrogens (tertiary/aromatic N) is 1. The number of nitrogens with two attached hydrogens (primary N) is 1. The Balaban J connectivity index is 2.18. The maximum absolute atomic E-state index is 12.2. The number of rotatable bonds is 2. The fourth-order valence-corrected chi connectivity index (χ4v) is 2.74. The molecule has 1 fully saturated rings. The van der Waals surface area contributed by atoms with Crippen molar-refractivity contribution in [3.8, 4) is 0 Å². The summed E-state index contributed by atoms with van der Waals surface area (Å²) in [5.41, 5.74) is 5.87. The van der Waals surface area contributed by atoms with Gasteiger partial charge in [0, 0.05) is 24.0 Å². The summed E-state index contributed by atoms with van der Waals surface area (Å²) in [4.78, 5) is 25.5. The number of hydrogen-bond donors (Lipinski definition) is 1. The summed E-state index contributed by atoms with van der Waals surface area (Å²) in [6, 6.07) is 7.26. The number of amides is 2. The molecule has 22 heavy (non-hydrogen) atoms. The van der Waals surface area contributed by atoms with Gasteiger partial charge >= 0.3 is 6.09 Å². The largest absolute Gasteiger partial charge is 0.444 e. The van der Waals surface area contributed by atoms with Crippen LogP contribution < -0.4 is 5.73 Å². The van der Waals surface area contributed by atoms with Gasteiger partial charge in [0.05, 0.1) is 5.92 Å². The number of carbonyl (C=O) groups excluding carboxylic acids is 2. The van der Waals surface area contributed by atoms with Crippen LogP contribution in [0.1, 0.15) is 32.3 Å². The first kappa shape index (κ1) is 16.6. The summed E-state index contributed by atoms with van der Waals surface area (Å²) < 4.78 is 5.37. The van der Waals surface area contributed by atoms with E-state index in [1.807, 2.05) is 32.9 Å². The van der Waals surface area contributed by atoms with Gasteiger partial charge in [-0.1, -0.05) is 23.7 Å². The summed E-state index contributed by atoms with van der Waals surface area (Å²) in [6.07, 6.45) is -0.421. The summed E-state index contributed by atoms with van der Waals surface area (Å²) >= 11 is 5.89. The van der Waals surface area contributed by atoms with Gasteiger partial charge in [0.2, 0.25) is 5.91 Å². The monoisotopic (exact) mass is 324 g/mol. The van der Waals surface area contributed by atoms with Gasteiger partial charge in [-0.05, 0) is 38.5 Å². The van der Waals surface area contributed by atoms with Crippen LogP contribution in [0.25, 0.3) is 0 Å². The highest BCUT2D eigenvalue weighted by Crippen LogP contribution is 2.33. The third-order valence-electron chi connectivity index (χ3n) is 3.64. The zero-order valence-electron chi connectivity index (χ0n) is 13.0. The molecule has 1 unspecified atom stereocenters. The molecule has 2 atom stereocenters. The van der Waals surface area contributed by atoms with E-state index in [0.717, 1.165) is 5.56 Å². The maximum atomic E-state index is 12.2. The van der Waals surface area contributed by atoms with E-state index in [1.165, 1.54) is 0 Å². The molecule has 0 spiro atoms. The normalized spacial score (nSPS) is 21.7. The smallest absolute Gasteiger partial charge is 0.410 e. The van der Waals surface area contributed by atoms with Crippen LogP contribution in [0.3, 0.4) is 0 Å². The fourth-order valence-electron chi connectivity index (χ4n) is 2.62. The van der Waals surface area contributed by atoms with E-state index in [0.29, 0.717) is 11.6 Å². The fraction of sp³-hybridized carbons (Fsp3) is 0.500. The molecule has 0 radical (unpaired) electrons. The lowest BCUT2D eigenvalue weighted by Gasteiger charge is -2.24. The molecule has 5 nitrogen and oxygen atoms in total. The minimum absolute atomic E-state index is 0.137. The zero-order chi connectivity index (χ0) is 16.5. The molecule has 2 N–H and O–H groups in total. The summed E-state index contributed by atoms with van der Waals surface area (Å²) in [5, 5.41) is 0.626. The molecule has 1 aliphatic heterocycles. The van der Waals surface area contributed by atoms with E-state index in [9.17, 15) is 9.59 Å². The molecule has 0 saturated carbocycles. The predicted molar refractivity (Wildman–Crippen MR) is 84.7 cm³/mol. The van der Waals surface area contributed by atoms with Crippen molar-refractivity contribution in [2.24, 2.45) is 11.7 Å². The van der Waals surface area contributed by atoms with Crippen molar-refractivity contribution in [1.82, 2.24) is 4.90 Å². The Kier molecular flexibility index (Phi) is 4.66. The van der Waals surface area contributed by atoms with E-state index in [1.54, 1.807) is 17.0 Å². The van der Waals surface area contributed by atoms with E-state index in [2.05, 4.69) is 0 Å². The van der Waals surface area contributed by atoms with Crippen LogP contribution >= 0.6 is 11.6 Å². The molecule has 6 heteroatoms. The first-order valence-corrected chi connectivity index (χ1v) is 7.58. The van der Waals surface area contributed by atoms with Crippen LogP contribution in [0.4, 0.5) is 4.79 Å². The van der Waals surface area contributed by atoms with Crippen molar-refractivity contribution in [3.63, 3.8) is 0 Å². The Labute approximate surface area is 135 Å². The molecule has 1 aromatic carbocycles. The maximum Gasteiger partial charge on any atom is 0.410 e. The van der Waals surface area contributed by atoms with Crippen LogP contribution in [-0.2, 0) is 9.53 Å². The number of halogens is 1. The standard InChI is InChI=1S/C16H21ClN2O3/c1-16(2,3)22-15(21)19-8-12(13(9-19)14(18)20)10-4-6-11(17)7-5-10/h4-7,12-13H,8-9H2,1-3H3,(H2,18,20)/t12?,13-/m0/s1. The predicted octanol–water partition coefficient (Wildman–Crippen LogP) is 2.78. The van der Waals surface area contributed by atoms with Gasteiger partial charge in [0.25, 0.3) is 0 Å². The van der Waals surface area contributed by atoms with E-state index < -0.39 is 23.5 Å². The van der Waals surface area contributed by atoms with Gasteiger partial charge in [-0.2, -0.15) is 0 Å². The Morgan fingerprint density at radius 3 is 2.32 bits per heavy atom. The molecular weight excluding hydrogens is 304 g/mol. The third-order valence-corrected chi connectivity index (χ3v) is 3.89. The highest BCUT2D eigenvalue weighted by atomic mass is 35.5. The lowest BCUT2D eigenvalue weighted by atomic mass is 9.88. The number of ether oxygens (including phenoxy) is 1. The lowest BCUT2D eigenvalue weighted by molar-refractivity contribution is -0.121. The molecule has 0 bridgehead atoms. The Morgan fingerprint density at radius 2 is 1.82 bits per heavy atom. The molecule has 1 heterocycles. The van der Waals surface area contributed by atoms with Crippen LogP contribution in [0, 0.1) is 5.92 Å². The van der Waals surface area contributed by atoms with Crippen LogP contribution in [0.5, 0.6) is 0 Å². The number of primary amides is 1. The van der Waals surface area contributed by atoms with Crippen molar-refractivity contribution in [2.45, 2.75) is 32.3 Å². The second-order valence-corrected chi connectivity index (χ2v) is 6.99. The molecule has 120 valence electrons. The average molecular weight is 325 g/mol. The minimum Gasteiger partial charge on any atom is -0.444 e. The summed E-state index contributed by atoms with van der Waals surface area (Å²) in [5.74, 6) is -0.970. The van der Waals surface area contributed by atoms with Crippen LogP contribution in [0.15, 0.2) is 24.3 Å². The number of benzene rings is 1. The second-order valence-electron chi connectivity index (χ2n) is 6.55. The van der Waals surface area contributed by atoms with Crippen molar-refractivity contribution in [3.05, 3.63) is 34.9 Å². The molecule has 0 aliphatic carbocycles. The first-order chi connectivity index (χ1) is 10.2. The Hall–Kier alpha value is -1.75. The lowest BCUT2D eigenvalue weighted by Crippen LogP contribution is -2.36. The molecular formula is C16H21ClN2O3. The molecule has 1 aromatic rings. The molecule has 1 saturated heterocycles. The van der Waals surface area contributed by atoms with Gasteiger partial charge in [0.1, 0.15) is 5.60 Å². The van der Waals surface area contributed by atoms with Crippen LogP contribution in [0.2, 0.25) is 5.02 Å². The molecule has 0 aromatic heterocycles.